The van der Waals surface area contributed by atoms with Crippen molar-refractivity contribution < 1.29 is 18.7 Å². The summed E-state index contributed by atoms with van der Waals surface area (Å²) in [6.45, 7) is 4.86. The number of ether oxygens (including phenoxy) is 2. The standard InChI is InChI=1S/C20H26FN7O3S/c1-11-12(2)30-8-7-28(11)26-20(25-17(22)16-10-24-19(23)32-16)31-15-6-5-13(9-14(15)21)18(29)27(3)4/h5-6,9-12H,7-8H2,1-4H3,(H2,23,24)(H2,22,25,26). The van der Waals surface area contributed by atoms with E-state index < -0.39 is 5.82 Å². The number of carbonyl (C=O) groups is 1. The molecule has 0 bridgehead atoms. The molecule has 2 heterocycles. The number of amidine groups is 2. The number of carbonyl (C=O) groups excluding carboxylic acids is 1. The second-order valence-corrected chi connectivity index (χ2v) is 8.43. The van der Waals surface area contributed by atoms with E-state index in [2.05, 4.69) is 15.1 Å². The molecule has 10 nitrogen and oxygen atoms in total. The maximum Gasteiger partial charge on any atom is 0.341 e. The number of rotatable bonds is 4. The average molecular weight is 464 g/mol. The number of aliphatic imine (C=N–C) groups is 1. The lowest BCUT2D eigenvalue weighted by molar-refractivity contribution is -0.0549. The number of hydrogen-bond donors (Lipinski definition) is 2. The summed E-state index contributed by atoms with van der Waals surface area (Å²) in [4.78, 5) is 22.2. The van der Waals surface area contributed by atoms with E-state index in [1.807, 2.05) is 13.8 Å². The Morgan fingerprint density at radius 2 is 2.16 bits per heavy atom. The van der Waals surface area contributed by atoms with Gasteiger partial charge >= 0.3 is 6.02 Å². The molecule has 2 atom stereocenters. The van der Waals surface area contributed by atoms with Gasteiger partial charge in [-0.15, -0.1) is 5.10 Å². The predicted molar refractivity (Wildman–Crippen MR) is 121 cm³/mol. The van der Waals surface area contributed by atoms with E-state index >= 15 is 0 Å². The molecule has 0 spiro atoms. The molecule has 1 aromatic carbocycles. The van der Waals surface area contributed by atoms with E-state index in [4.69, 9.17) is 20.9 Å². The maximum absolute atomic E-state index is 14.7. The quantitative estimate of drug-likeness (QED) is 0.521. The molecule has 0 aliphatic carbocycles. The van der Waals surface area contributed by atoms with Crippen molar-refractivity contribution in [2.24, 2.45) is 15.8 Å². The van der Waals surface area contributed by atoms with E-state index in [1.54, 1.807) is 19.1 Å². The van der Waals surface area contributed by atoms with Crippen LogP contribution in [-0.4, -0.2) is 72.1 Å². The lowest BCUT2D eigenvalue weighted by atomic mass is 10.2. The number of hydrazone groups is 1. The van der Waals surface area contributed by atoms with Gasteiger partial charge in [0.2, 0.25) is 0 Å². The number of anilines is 1. The van der Waals surface area contributed by atoms with Gasteiger partial charge in [-0.25, -0.2) is 9.37 Å². The van der Waals surface area contributed by atoms with Crippen molar-refractivity contribution in [3.8, 4) is 5.75 Å². The zero-order valence-corrected chi connectivity index (χ0v) is 19.1. The van der Waals surface area contributed by atoms with Crippen LogP contribution < -0.4 is 16.2 Å². The molecule has 4 N–H and O–H groups in total. The number of amides is 1. The Kier molecular flexibility index (Phi) is 7.26. The van der Waals surface area contributed by atoms with Crippen molar-refractivity contribution in [2.75, 3.05) is 33.0 Å². The highest BCUT2D eigenvalue weighted by Gasteiger charge is 2.25. The molecule has 32 heavy (non-hydrogen) atoms. The van der Waals surface area contributed by atoms with Gasteiger partial charge in [0.25, 0.3) is 5.91 Å². The van der Waals surface area contributed by atoms with Gasteiger partial charge in [-0.1, -0.05) is 11.3 Å². The Morgan fingerprint density at radius 3 is 2.78 bits per heavy atom. The van der Waals surface area contributed by atoms with E-state index in [0.717, 1.165) is 17.4 Å². The molecule has 1 saturated heterocycles. The summed E-state index contributed by atoms with van der Waals surface area (Å²) in [6, 6.07) is 3.69. The van der Waals surface area contributed by atoms with E-state index in [-0.39, 0.29) is 41.2 Å². The average Bonchev–Trinajstić information content (AvgIpc) is 3.18. The highest BCUT2D eigenvalue weighted by molar-refractivity contribution is 7.17. The third-order valence-electron chi connectivity index (χ3n) is 4.84. The Bertz CT molecular complexity index is 1040. The first kappa shape index (κ1) is 23.4. The SMILES string of the molecule is CC1OCCN(/N=C(\N=C(/N)c2cnc(N)s2)Oc2ccc(C(=O)N(C)C)cc2F)C1C. The molecule has 172 valence electrons. The molecule has 3 rings (SSSR count). The summed E-state index contributed by atoms with van der Waals surface area (Å²) < 4.78 is 26.0. The first-order valence-corrected chi connectivity index (χ1v) is 10.7. The summed E-state index contributed by atoms with van der Waals surface area (Å²) in [5, 5.41) is 6.54. The molecule has 1 fully saturated rings. The summed E-state index contributed by atoms with van der Waals surface area (Å²) in [6.07, 6.45) is 1.42. The fraction of sp³-hybridized carbons (Fsp3) is 0.400. The Labute approximate surface area is 189 Å². The molecule has 2 aromatic rings. The number of nitrogens with two attached hydrogens (primary N) is 2. The first-order valence-electron chi connectivity index (χ1n) is 9.87. The summed E-state index contributed by atoms with van der Waals surface area (Å²) in [7, 11) is 3.17. The largest absolute Gasteiger partial charge is 0.420 e. The molecular weight excluding hydrogens is 437 g/mol. The molecule has 0 saturated carbocycles. The summed E-state index contributed by atoms with van der Waals surface area (Å²) in [5.74, 6) is -1.13. The van der Waals surface area contributed by atoms with Gasteiger partial charge in [0, 0.05) is 19.7 Å². The van der Waals surface area contributed by atoms with E-state index in [0.29, 0.717) is 23.2 Å². The van der Waals surface area contributed by atoms with Crippen molar-refractivity contribution in [2.45, 2.75) is 26.0 Å². The molecule has 1 aliphatic rings. The lowest BCUT2D eigenvalue weighted by Crippen LogP contribution is -2.46. The molecule has 1 aromatic heterocycles. The van der Waals surface area contributed by atoms with Crippen molar-refractivity contribution in [1.82, 2.24) is 14.9 Å². The van der Waals surface area contributed by atoms with Crippen molar-refractivity contribution >= 4 is 34.2 Å². The number of benzene rings is 1. The number of hydrogen-bond acceptors (Lipinski definition) is 8. The van der Waals surface area contributed by atoms with Gasteiger partial charge in [-0.2, -0.15) is 4.99 Å². The normalized spacial score (nSPS) is 19.7. The number of morpholine rings is 1. The third-order valence-corrected chi connectivity index (χ3v) is 5.69. The highest BCUT2D eigenvalue weighted by atomic mass is 32.1. The predicted octanol–water partition coefficient (Wildman–Crippen LogP) is 1.73. The van der Waals surface area contributed by atoms with Crippen LogP contribution in [0.2, 0.25) is 0 Å². The Balaban J connectivity index is 1.94. The minimum absolute atomic E-state index is 0.0653. The first-order chi connectivity index (χ1) is 15.2. The molecule has 1 amide bonds. The van der Waals surface area contributed by atoms with Crippen LogP contribution in [-0.2, 0) is 4.74 Å². The fourth-order valence-electron chi connectivity index (χ4n) is 2.87. The lowest BCUT2D eigenvalue weighted by Gasteiger charge is -2.35. The topological polar surface area (TPSA) is 132 Å². The fourth-order valence-corrected chi connectivity index (χ4v) is 3.46. The van der Waals surface area contributed by atoms with Crippen LogP contribution >= 0.6 is 11.3 Å². The van der Waals surface area contributed by atoms with Crippen LogP contribution in [0.5, 0.6) is 5.75 Å². The third kappa shape index (κ3) is 5.51. The Morgan fingerprint density at radius 1 is 1.41 bits per heavy atom. The smallest absolute Gasteiger partial charge is 0.341 e. The zero-order chi connectivity index (χ0) is 23.4. The molecule has 0 radical (unpaired) electrons. The van der Waals surface area contributed by atoms with Gasteiger partial charge < -0.3 is 25.8 Å². The van der Waals surface area contributed by atoms with Crippen LogP contribution in [0.4, 0.5) is 9.52 Å². The highest BCUT2D eigenvalue weighted by Crippen LogP contribution is 2.21. The van der Waals surface area contributed by atoms with Crippen LogP contribution in [0.1, 0.15) is 29.1 Å². The van der Waals surface area contributed by atoms with Crippen molar-refractivity contribution in [3.05, 3.63) is 40.7 Å². The van der Waals surface area contributed by atoms with Gasteiger partial charge in [0.1, 0.15) is 5.84 Å². The number of thiazole rings is 1. The van der Waals surface area contributed by atoms with E-state index in [9.17, 15) is 9.18 Å². The van der Waals surface area contributed by atoms with Gasteiger partial charge in [-0.3, -0.25) is 9.80 Å². The molecule has 2 unspecified atom stereocenters. The van der Waals surface area contributed by atoms with Gasteiger partial charge in [0.15, 0.2) is 16.7 Å². The second-order valence-electron chi connectivity index (χ2n) is 7.37. The second kappa shape index (κ2) is 9.92. The molecular formula is C20H26FN7O3S. The van der Waals surface area contributed by atoms with E-state index in [1.165, 1.54) is 23.2 Å². The van der Waals surface area contributed by atoms with Crippen molar-refractivity contribution in [3.63, 3.8) is 0 Å². The minimum atomic E-state index is -0.732. The minimum Gasteiger partial charge on any atom is -0.420 e. The van der Waals surface area contributed by atoms with Crippen LogP contribution in [0.15, 0.2) is 34.5 Å². The van der Waals surface area contributed by atoms with Crippen molar-refractivity contribution in [1.29, 1.82) is 0 Å². The molecule has 1 aliphatic heterocycles. The summed E-state index contributed by atoms with van der Waals surface area (Å²) in [5.41, 5.74) is 11.9. The van der Waals surface area contributed by atoms with Crippen LogP contribution in [0.3, 0.4) is 0 Å². The molecule has 12 heteroatoms. The van der Waals surface area contributed by atoms with Crippen LogP contribution in [0.25, 0.3) is 0 Å². The zero-order valence-electron chi connectivity index (χ0n) is 18.3. The number of halogens is 1. The monoisotopic (exact) mass is 463 g/mol. The maximum atomic E-state index is 14.7. The van der Waals surface area contributed by atoms with Gasteiger partial charge in [-0.05, 0) is 32.0 Å². The number of nitrogen functional groups attached to an aromatic ring is 1. The van der Waals surface area contributed by atoms with Gasteiger partial charge in [0.05, 0.1) is 36.4 Å². The summed E-state index contributed by atoms with van der Waals surface area (Å²) >= 11 is 1.15. The Hall–Kier alpha value is -3.25. The van der Waals surface area contributed by atoms with Crippen LogP contribution in [0, 0.1) is 5.82 Å². The number of nitrogens with zero attached hydrogens (tertiary/aromatic N) is 5. The number of aromatic nitrogens is 1.